The van der Waals surface area contributed by atoms with Crippen molar-refractivity contribution < 1.29 is 13.6 Å². The number of nitrogens with zero attached hydrogens (tertiary/aromatic N) is 2. The Bertz CT molecular complexity index is 1120. The number of rotatable bonds is 4. The molecule has 0 atom stereocenters. The maximum Gasteiger partial charge on any atom is 0.266 e. The van der Waals surface area contributed by atoms with Crippen molar-refractivity contribution >= 4 is 22.2 Å². The highest BCUT2D eigenvalue weighted by Crippen LogP contribution is 2.50. The summed E-state index contributed by atoms with van der Waals surface area (Å²) in [5.41, 5.74) is 4.12. The first-order chi connectivity index (χ1) is 12.3. The monoisotopic (exact) mass is 375 g/mol. The second kappa shape index (κ2) is 5.70. The molecule has 26 heavy (non-hydrogen) atoms. The van der Waals surface area contributed by atoms with Crippen molar-refractivity contribution in [3.05, 3.63) is 67.8 Å². The Morgan fingerprint density at radius 1 is 1.42 bits per heavy atom. The van der Waals surface area contributed by atoms with Crippen molar-refractivity contribution in [2.24, 2.45) is 5.73 Å². The lowest BCUT2D eigenvalue weighted by atomic mass is 10.0. The smallest absolute Gasteiger partial charge is 0.266 e. The molecular weight excluding hydrogens is 360 g/mol. The molecule has 2 N–H and O–H groups in total. The van der Waals surface area contributed by atoms with Crippen molar-refractivity contribution in [3.63, 3.8) is 0 Å². The van der Waals surface area contributed by atoms with Gasteiger partial charge in [0.05, 0.1) is 5.69 Å². The van der Waals surface area contributed by atoms with E-state index < -0.39 is 23.0 Å². The van der Waals surface area contributed by atoms with E-state index in [0.29, 0.717) is 28.4 Å². The van der Waals surface area contributed by atoms with Crippen molar-refractivity contribution in [1.82, 2.24) is 9.38 Å². The molecule has 5 nitrogen and oxygen atoms in total. The number of hydrogen-bond acceptors (Lipinski definition) is 4. The van der Waals surface area contributed by atoms with Gasteiger partial charge in [0.25, 0.3) is 11.5 Å². The van der Waals surface area contributed by atoms with E-state index in [4.69, 9.17) is 5.73 Å². The van der Waals surface area contributed by atoms with Crippen LogP contribution in [0.1, 0.15) is 45.0 Å². The van der Waals surface area contributed by atoms with Crippen LogP contribution < -0.4 is 11.3 Å². The number of aromatic nitrogens is 2. The minimum atomic E-state index is -1.57. The first-order valence-corrected chi connectivity index (χ1v) is 8.90. The molecule has 1 fully saturated rings. The fourth-order valence-electron chi connectivity index (χ4n) is 3.13. The van der Waals surface area contributed by atoms with Gasteiger partial charge in [0.15, 0.2) is 4.96 Å². The quantitative estimate of drug-likeness (QED) is 0.762. The van der Waals surface area contributed by atoms with Gasteiger partial charge in [-0.25, -0.2) is 18.2 Å². The number of fused-ring (bicyclic) bond motifs is 1. The van der Waals surface area contributed by atoms with Gasteiger partial charge in [0.1, 0.15) is 17.2 Å². The molecule has 0 saturated heterocycles. The minimum Gasteiger partial charge on any atom is -0.364 e. The Hall–Kier alpha value is -2.61. The van der Waals surface area contributed by atoms with E-state index in [0.717, 1.165) is 11.3 Å². The SMILES string of the molecule is Cc1sc2nc(Cc3cccc(C4(F)CC4)c3F)cc(=O)n2c1C(N)=O. The Morgan fingerprint density at radius 2 is 2.15 bits per heavy atom. The number of amides is 1. The van der Waals surface area contributed by atoms with Gasteiger partial charge in [-0.05, 0) is 25.3 Å². The molecule has 0 spiro atoms. The third-order valence-corrected chi connectivity index (χ3v) is 5.55. The van der Waals surface area contributed by atoms with E-state index in [1.54, 1.807) is 19.1 Å². The van der Waals surface area contributed by atoms with Crippen LogP contribution in [0.4, 0.5) is 8.78 Å². The lowest BCUT2D eigenvalue weighted by Gasteiger charge is -2.11. The lowest BCUT2D eigenvalue weighted by Crippen LogP contribution is -2.23. The summed E-state index contributed by atoms with van der Waals surface area (Å²) in [5.74, 6) is -1.29. The average molecular weight is 375 g/mol. The van der Waals surface area contributed by atoms with E-state index in [1.807, 2.05) is 0 Å². The van der Waals surface area contributed by atoms with Crippen LogP contribution >= 0.6 is 11.3 Å². The summed E-state index contributed by atoms with van der Waals surface area (Å²) in [6, 6.07) is 5.88. The number of halogens is 2. The van der Waals surface area contributed by atoms with Crippen LogP contribution in [0, 0.1) is 12.7 Å². The Morgan fingerprint density at radius 3 is 2.81 bits per heavy atom. The zero-order valence-corrected chi connectivity index (χ0v) is 14.7. The van der Waals surface area contributed by atoms with Crippen LogP contribution in [0.5, 0.6) is 0 Å². The van der Waals surface area contributed by atoms with E-state index in [1.165, 1.54) is 16.5 Å². The minimum absolute atomic E-state index is 0.0599. The van der Waals surface area contributed by atoms with Crippen LogP contribution in [0.15, 0.2) is 29.1 Å². The van der Waals surface area contributed by atoms with Crippen molar-refractivity contribution in [1.29, 1.82) is 0 Å². The first-order valence-electron chi connectivity index (χ1n) is 8.09. The summed E-state index contributed by atoms with van der Waals surface area (Å²) < 4.78 is 30.1. The molecule has 1 aromatic carbocycles. The molecule has 2 heterocycles. The van der Waals surface area contributed by atoms with Crippen LogP contribution in [0.2, 0.25) is 0 Å². The summed E-state index contributed by atoms with van der Waals surface area (Å²) in [7, 11) is 0. The molecule has 1 aliphatic carbocycles. The number of benzene rings is 1. The number of nitrogens with two attached hydrogens (primary N) is 1. The standard InChI is InChI=1S/C18H15F2N3O2S/c1-9-15(16(21)25)23-13(24)8-11(22-17(23)26-9)7-10-3-2-4-12(14(10)19)18(20)5-6-18/h2-4,8H,5-7H2,1H3,(H2,21,25). The molecule has 4 rings (SSSR count). The van der Waals surface area contributed by atoms with Crippen molar-refractivity contribution in [2.75, 3.05) is 0 Å². The van der Waals surface area contributed by atoms with Gasteiger partial charge in [-0.15, -0.1) is 11.3 Å². The van der Waals surface area contributed by atoms with E-state index in [2.05, 4.69) is 4.98 Å². The molecule has 8 heteroatoms. The number of carbonyl (C=O) groups excluding carboxylic acids is 1. The Kier molecular flexibility index (Phi) is 3.69. The number of alkyl halides is 1. The van der Waals surface area contributed by atoms with Crippen LogP contribution in [0.25, 0.3) is 4.96 Å². The van der Waals surface area contributed by atoms with Crippen LogP contribution in [0.3, 0.4) is 0 Å². The Labute approximate surface area is 151 Å². The molecule has 1 amide bonds. The molecular formula is C18H15F2N3O2S. The topological polar surface area (TPSA) is 77.5 Å². The maximum atomic E-state index is 14.7. The molecule has 2 aromatic heterocycles. The van der Waals surface area contributed by atoms with Gasteiger partial charge >= 0.3 is 0 Å². The third kappa shape index (κ3) is 2.61. The van der Waals surface area contributed by atoms with Crippen molar-refractivity contribution in [2.45, 2.75) is 31.9 Å². The highest BCUT2D eigenvalue weighted by molar-refractivity contribution is 7.17. The fraction of sp³-hybridized carbons (Fsp3) is 0.278. The summed E-state index contributed by atoms with van der Waals surface area (Å²) in [4.78, 5) is 29.2. The molecule has 1 aliphatic rings. The fourth-order valence-corrected chi connectivity index (χ4v) is 4.13. The summed E-state index contributed by atoms with van der Waals surface area (Å²) in [6.45, 7) is 1.68. The molecule has 0 unspecified atom stereocenters. The summed E-state index contributed by atoms with van der Waals surface area (Å²) in [6.07, 6.45) is 0.705. The number of thiazole rings is 1. The average Bonchev–Trinajstić information content (AvgIpc) is 3.20. The van der Waals surface area contributed by atoms with Gasteiger partial charge in [-0.2, -0.15) is 0 Å². The highest BCUT2D eigenvalue weighted by Gasteiger charge is 2.47. The normalized spacial score (nSPS) is 15.3. The predicted molar refractivity (Wildman–Crippen MR) is 93.8 cm³/mol. The summed E-state index contributed by atoms with van der Waals surface area (Å²) >= 11 is 1.16. The number of primary amides is 1. The first kappa shape index (κ1) is 16.8. The highest BCUT2D eigenvalue weighted by atomic mass is 32.1. The van der Waals surface area contributed by atoms with Crippen molar-refractivity contribution in [3.8, 4) is 0 Å². The predicted octanol–water partition coefficient (Wildman–Crippen LogP) is 2.85. The largest absolute Gasteiger partial charge is 0.364 e. The zero-order valence-electron chi connectivity index (χ0n) is 13.9. The Balaban J connectivity index is 1.78. The zero-order chi connectivity index (χ0) is 18.6. The van der Waals surface area contributed by atoms with E-state index in [9.17, 15) is 18.4 Å². The second-order valence-electron chi connectivity index (χ2n) is 6.50. The number of carbonyl (C=O) groups is 1. The van der Waals surface area contributed by atoms with Crippen LogP contribution in [-0.4, -0.2) is 15.3 Å². The van der Waals surface area contributed by atoms with Crippen LogP contribution in [-0.2, 0) is 12.1 Å². The third-order valence-electron chi connectivity index (χ3n) is 4.60. The lowest BCUT2D eigenvalue weighted by molar-refractivity contribution is 0.0994. The van der Waals surface area contributed by atoms with Gasteiger partial charge in [0.2, 0.25) is 0 Å². The summed E-state index contributed by atoms with van der Waals surface area (Å²) in [5, 5.41) is 0. The molecule has 134 valence electrons. The van der Waals surface area contributed by atoms with E-state index in [-0.39, 0.29) is 23.2 Å². The van der Waals surface area contributed by atoms with Gasteiger partial charge in [0, 0.05) is 22.9 Å². The number of aryl methyl sites for hydroxylation is 1. The molecule has 3 aromatic rings. The molecule has 0 bridgehead atoms. The molecule has 0 radical (unpaired) electrons. The van der Waals surface area contributed by atoms with Gasteiger partial charge < -0.3 is 5.73 Å². The molecule has 0 aliphatic heterocycles. The second-order valence-corrected chi connectivity index (χ2v) is 7.68. The number of hydrogen-bond donors (Lipinski definition) is 1. The van der Waals surface area contributed by atoms with Gasteiger partial charge in [-0.1, -0.05) is 18.2 Å². The maximum absolute atomic E-state index is 14.7. The van der Waals surface area contributed by atoms with Gasteiger partial charge in [-0.3, -0.25) is 9.59 Å². The van der Waals surface area contributed by atoms with E-state index >= 15 is 0 Å². The molecule has 1 saturated carbocycles.